The van der Waals surface area contributed by atoms with E-state index in [2.05, 4.69) is 42.2 Å². The summed E-state index contributed by atoms with van der Waals surface area (Å²) in [7, 11) is 0. The molecule has 0 saturated carbocycles. The van der Waals surface area contributed by atoms with E-state index in [0.717, 1.165) is 25.7 Å². The van der Waals surface area contributed by atoms with Gasteiger partial charge in [0.05, 0.1) is 2.88 Å². The fraction of sp³-hybridized carbons (Fsp3) is 0.333. The molecule has 98 valence electrons. The SMILES string of the molecule is [C-]#[N+]c1csc(CC)n1.[C-]#[N+]c1nc(CC)sc1I. The predicted octanol–water partition coefficient (Wildman–Crippen LogP) is 5.12. The first-order chi connectivity index (χ1) is 9.14. The van der Waals surface area contributed by atoms with Gasteiger partial charge in [0.2, 0.25) is 0 Å². The molecule has 0 unspecified atom stereocenters. The van der Waals surface area contributed by atoms with Gasteiger partial charge in [-0.2, -0.15) is 0 Å². The van der Waals surface area contributed by atoms with Gasteiger partial charge in [0.15, 0.2) is 10.0 Å². The Morgan fingerprint density at radius 1 is 1.16 bits per heavy atom. The van der Waals surface area contributed by atoms with Crippen LogP contribution in [0.5, 0.6) is 0 Å². The maximum absolute atomic E-state index is 6.74. The Morgan fingerprint density at radius 2 is 1.84 bits per heavy atom. The van der Waals surface area contributed by atoms with E-state index in [0.29, 0.717) is 11.6 Å². The van der Waals surface area contributed by atoms with E-state index in [9.17, 15) is 0 Å². The molecule has 0 amide bonds. The number of hydrogen-bond donors (Lipinski definition) is 0. The zero-order valence-electron chi connectivity index (χ0n) is 10.5. The monoisotopic (exact) mass is 402 g/mol. The Bertz CT molecular complexity index is 618. The van der Waals surface area contributed by atoms with Crippen LogP contribution in [0, 0.1) is 16.0 Å². The first-order valence-corrected chi connectivity index (χ1v) is 8.26. The minimum Gasteiger partial charge on any atom is -0.360 e. The molecule has 7 heteroatoms. The molecule has 0 fully saturated rings. The van der Waals surface area contributed by atoms with Gasteiger partial charge < -0.3 is 9.69 Å². The second-order valence-corrected chi connectivity index (χ2v) is 7.07. The number of halogens is 1. The Balaban J connectivity index is 0.000000191. The number of rotatable bonds is 2. The fourth-order valence-corrected chi connectivity index (χ4v) is 3.40. The van der Waals surface area contributed by atoms with Crippen molar-refractivity contribution < 1.29 is 0 Å². The number of aromatic nitrogens is 2. The van der Waals surface area contributed by atoms with Crippen LogP contribution < -0.4 is 0 Å². The molecule has 2 aromatic heterocycles. The van der Waals surface area contributed by atoms with Crippen molar-refractivity contribution >= 4 is 56.9 Å². The van der Waals surface area contributed by atoms with Crippen LogP contribution in [0.25, 0.3) is 9.69 Å². The predicted molar refractivity (Wildman–Crippen MR) is 88.2 cm³/mol. The van der Waals surface area contributed by atoms with E-state index in [1.165, 1.54) is 0 Å². The Hall–Kier alpha value is -1.03. The molecule has 2 rings (SSSR count). The molecular formula is C12H11IN4S2. The molecule has 0 N–H and O–H groups in total. The Kier molecular flexibility index (Phi) is 6.92. The van der Waals surface area contributed by atoms with E-state index in [4.69, 9.17) is 13.1 Å². The summed E-state index contributed by atoms with van der Waals surface area (Å²) in [5, 5.41) is 3.88. The van der Waals surface area contributed by atoms with E-state index in [1.807, 2.05) is 13.8 Å². The molecule has 0 bridgehead atoms. The van der Waals surface area contributed by atoms with Crippen LogP contribution in [-0.4, -0.2) is 9.97 Å². The van der Waals surface area contributed by atoms with Crippen molar-refractivity contribution in [1.82, 2.24) is 9.97 Å². The van der Waals surface area contributed by atoms with Crippen LogP contribution in [-0.2, 0) is 12.8 Å². The van der Waals surface area contributed by atoms with Crippen molar-refractivity contribution in [1.29, 1.82) is 0 Å². The molecule has 0 aromatic carbocycles. The molecule has 2 heterocycles. The van der Waals surface area contributed by atoms with Crippen molar-refractivity contribution in [3.8, 4) is 0 Å². The summed E-state index contributed by atoms with van der Waals surface area (Å²) in [6.07, 6.45) is 1.86. The Labute approximate surface area is 134 Å². The highest BCUT2D eigenvalue weighted by molar-refractivity contribution is 14.1. The average molecular weight is 402 g/mol. The Morgan fingerprint density at radius 3 is 2.16 bits per heavy atom. The average Bonchev–Trinajstić information content (AvgIpc) is 3.04. The molecule has 2 aromatic rings. The third-order valence-corrected chi connectivity index (χ3v) is 5.08. The lowest BCUT2D eigenvalue weighted by molar-refractivity contribution is 1.10. The number of thiazole rings is 2. The van der Waals surface area contributed by atoms with Crippen molar-refractivity contribution in [2.45, 2.75) is 26.7 Å². The summed E-state index contributed by atoms with van der Waals surface area (Å²) in [5.41, 5.74) is 0. The summed E-state index contributed by atoms with van der Waals surface area (Å²) in [4.78, 5) is 14.6. The topological polar surface area (TPSA) is 34.5 Å². The number of aryl methyl sites for hydroxylation is 2. The standard InChI is InChI=1S/C6H5IN2S.C6H6N2S/c1-3-4-9-6(8-2)5(7)10-4;1-3-6-8-5(7-2)4-9-6/h3H2,1H3;4H,3H2,1H3. The quantitative estimate of drug-likeness (QED) is 0.517. The maximum Gasteiger partial charge on any atom is 0.294 e. The van der Waals surface area contributed by atoms with E-state index in [1.54, 1.807) is 28.1 Å². The van der Waals surface area contributed by atoms with Crippen LogP contribution in [0.15, 0.2) is 5.38 Å². The second-order valence-electron chi connectivity index (χ2n) is 3.24. The van der Waals surface area contributed by atoms with Crippen LogP contribution in [0.4, 0.5) is 11.6 Å². The van der Waals surface area contributed by atoms with Gasteiger partial charge in [0, 0.05) is 18.2 Å². The van der Waals surface area contributed by atoms with Gasteiger partial charge in [-0.1, -0.05) is 27.0 Å². The summed E-state index contributed by atoms with van der Waals surface area (Å²) >= 11 is 5.30. The molecule has 0 aliphatic rings. The van der Waals surface area contributed by atoms with Crippen molar-refractivity contribution in [2.75, 3.05) is 0 Å². The minimum atomic E-state index is 0.525. The fourth-order valence-electron chi connectivity index (χ4n) is 1.07. The summed E-state index contributed by atoms with van der Waals surface area (Å²) in [6, 6.07) is 0. The van der Waals surface area contributed by atoms with Crippen LogP contribution >= 0.6 is 45.3 Å². The molecule has 4 nitrogen and oxygen atoms in total. The maximum atomic E-state index is 6.74. The molecule has 0 aliphatic carbocycles. The van der Waals surface area contributed by atoms with Gasteiger partial charge in [-0.25, -0.2) is 0 Å². The van der Waals surface area contributed by atoms with E-state index < -0.39 is 0 Å². The minimum absolute atomic E-state index is 0.525. The molecule has 0 radical (unpaired) electrons. The molecule has 0 aliphatic heterocycles. The third kappa shape index (κ3) is 4.86. The van der Waals surface area contributed by atoms with E-state index >= 15 is 0 Å². The molecular weight excluding hydrogens is 391 g/mol. The lowest BCUT2D eigenvalue weighted by Gasteiger charge is -1.74. The normalized spacial score (nSPS) is 9.11. The lowest BCUT2D eigenvalue weighted by Crippen LogP contribution is -1.72. The molecule has 0 spiro atoms. The van der Waals surface area contributed by atoms with Gasteiger partial charge in [-0.15, -0.1) is 32.6 Å². The summed E-state index contributed by atoms with van der Waals surface area (Å²) in [5.74, 6) is 1.08. The van der Waals surface area contributed by atoms with Gasteiger partial charge in [0.25, 0.3) is 11.6 Å². The number of nitrogens with zero attached hydrogens (tertiary/aromatic N) is 4. The van der Waals surface area contributed by atoms with Crippen molar-refractivity contribution in [3.63, 3.8) is 0 Å². The highest BCUT2D eigenvalue weighted by atomic mass is 127. The first kappa shape index (κ1) is 16.0. The second kappa shape index (κ2) is 8.20. The first-order valence-electron chi connectivity index (χ1n) is 5.49. The highest BCUT2D eigenvalue weighted by Gasteiger charge is 2.08. The van der Waals surface area contributed by atoms with Crippen LogP contribution in [0.1, 0.15) is 23.9 Å². The molecule has 0 saturated heterocycles. The molecule has 0 atom stereocenters. The summed E-state index contributed by atoms with van der Waals surface area (Å²) < 4.78 is 1.00. The van der Waals surface area contributed by atoms with Crippen molar-refractivity contribution in [3.05, 3.63) is 41.1 Å². The zero-order chi connectivity index (χ0) is 14.3. The molecule has 19 heavy (non-hydrogen) atoms. The van der Waals surface area contributed by atoms with Gasteiger partial charge in [-0.3, -0.25) is 0 Å². The van der Waals surface area contributed by atoms with E-state index in [-0.39, 0.29) is 0 Å². The van der Waals surface area contributed by atoms with Gasteiger partial charge in [-0.05, 0) is 22.6 Å². The zero-order valence-corrected chi connectivity index (χ0v) is 14.3. The number of hydrogen-bond acceptors (Lipinski definition) is 4. The highest BCUT2D eigenvalue weighted by Crippen LogP contribution is 2.27. The van der Waals surface area contributed by atoms with Gasteiger partial charge in [0.1, 0.15) is 0 Å². The summed E-state index contributed by atoms with van der Waals surface area (Å²) in [6.45, 7) is 17.4. The smallest absolute Gasteiger partial charge is 0.294 e. The van der Waals surface area contributed by atoms with Gasteiger partial charge >= 0.3 is 0 Å². The largest absolute Gasteiger partial charge is 0.360 e. The van der Waals surface area contributed by atoms with Crippen LogP contribution in [0.2, 0.25) is 0 Å². The van der Waals surface area contributed by atoms with Crippen molar-refractivity contribution in [2.24, 2.45) is 0 Å². The van der Waals surface area contributed by atoms with Crippen LogP contribution in [0.3, 0.4) is 0 Å². The third-order valence-electron chi connectivity index (χ3n) is 1.98. The lowest BCUT2D eigenvalue weighted by atomic mass is 10.5.